The minimum Gasteiger partial charge on any atom is -0.380 e. The van der Waals surface area contributed by atoms with E-state index in [1.165, 1.54) is 0 Å². The Kier molecular flexibility index (Phi) is 6.49. The molecule has 2 heterocycles. The van der Waals surface area contributed by atoms with Crippen molar-refractivity contribution in [3.8, 4) is 5.69 Å². The summed E-state index contributed by atoms with van der Waals surface area (Å²) in [6, 6.07) is 10.6. The normalized spacial score (nSPS) is 19.4. The van der Waals surface area contributed by atoms with E-state index in [9.17, 15) is 0 Å². The molecule has 0 radical (unpaired) electrons. The predicted molar refractivity (Wildman–Crippen MR) is 96.6 cm³/mol. The Morgan fingerprint density at radius 3 is 2.76 bits per heavy atom. The first-order valence-corrected chi connectivity index (χ1v) is 9.18. The number of benzene rings is 1. The van der Waals surface area contributed by atoms with Crippen LogP contribution in [0.1, 0.15) is 26.1 Å². The highest BCUT2D eigenvalue weighted by atomic mass is 16.5. The van der Waals surface area contributed by atoms with Crippen LogP contribution >= 0.6 is 0 Å². The van der Waals surface area contributed by atoms with Crippen LogP contribution in [0.3, 0.4) is 0 Å². The van der Waals surface area contributed by atoms with E-state index >= 15 is 0 Å². The number of tetrazole rings is 1. The van der Waals surface area contributed by atoms with Crippen molar-refractivity contribution in [2.75, 3.05) is 39.4 Å². The number of hydrogen-bond acceptors (Lipinski definition) is 6. The maximum absolute atomic E-state index is 5.52. The van der Waals surface area contributed by atoms with E-state index in [1.54, 1.807) is 0 Å². The molecule has 0 spiro atoms. The second-order valence-corrected chi connectivity index (χ2v) is 6.37. The van der Waals surface area contributed by atoms with Crippen LogP contribution in [-0.4, -0.2) is 75.4 Å². The fourth-order valence-corrected chi connectivity index (χ4v) is 3.38. The topological polar surface area (TPSA) is 59.3 Å². The van der Waals surface area contributed by atoms with Crippen molar-refractivity contribution >= 4 is 0 Å². The molecule has 2 aromatic rings. The first-order chi connectivity index (χ1) is 12.3. The third-order valence-corrected chi connectivity index (χ3v) is 4.79. The van der Waals surface area contributed by atoms with Crippen LogP contribution in [-0.2, 0) is 11.3 Å². The van der Waals surface area contributed by atoms with Gasteiger partial charge in [-0.05, 0) is 35.9 Å². The van der Waals surface area contributed by atoms with Gasteiger partial charge in [0.15, 0.2) is 5.82 Å². The SMILES string of the molecule is CCOCCN1CCN(Cc2nnnn2-c2ccccc2)C[C@@H]1CC. The van der Waals surface area contributed by atoms with Crippen LogP contribution in [0, 0.1) is 0 Å². The highest BCUT2D eigenvalue weighted by Gasteiger charge is 2.26. The summed E-state index contributed by atoms with van der Waals surface area (Å²) in [5, 5.41) is 12.3. The van der Waals surface area contributed by atoms with Gasteiger partial charge in [-0.25, -0.2) is 0 Å². The molecule has 0 saturated carbocycles. The number of ether oxygens (including phenoxy) is 1. The van der Waals surface area contributed by atoms with E-state index < -0.39 is 0 Å². The van der Waals surface area contributed by atoms with E-state index in [1.807, 2.05) is 41.9 Å². The Bertz CT molecular complexity index is 632. The van der Waals surface area contributed by atoms with Crippen LogP contribution in [0.2, 0.25) is 0 Å². The fourth-order valence-electron chi connectivity index (χ4n) is 3.38. The van der Waals surface area contributed by atoms with Crippen LogP contribution < -0.4 is 0 Å². The largest absolute Gasteiger partial charge is 0.380 e. The average Bonchev–Trinajstić information content (AvgIpc) is 3.11. The number of para-hydroxylation sites is 1. The van der Waals surface area contributed by atoms with Gasteiger partial charge in [-0.15, -0.1) is 5.10 Å². The zero-order chi connectivity index (χ0) is 17.5. The number of hydrogen-bond donors (Lipinski definition) is 0. The van der Waals surface area contributed by atoms with Gasteiger partial charge >= 0.3 is 0 Å². The molecule has 3 rings (SSSR count). The van der Waals surface area contributed by atoms with Gasteiger partial charge in [0.2, 0.25) is 0 Å². The van der Waals surface area contributed by atoms with Crippen LogP contribution in [0.4, 0.5) is 0 Å². The summed E-state index contributed by atoms with van der Waals surface area (Å²) in [4.78, 5) is 5.00. The second kappa shape index (κ2) is 9.03. The number of piperazine rings is 1. The van der Waals surface area contributed by atoms with Gasteiger partial charge in [0.1, 0.15) is 0 Å². The molecule has 0 bridgehead atoms. The lowest BCUT2D eigenvalue weighted by atomic mass is 10.1. The van der Waals surface area contributed by atoms with Gasteiger partial charge in [-0.1, -0.05) is 25.1 Å². The Morgan fingerprint density at radius 2 is 2.00 bits per heavy atom. The lowest BCUT2D eigenvalue weighted by Gasteiger charge is -2.40. The van der Waals surface area contributed by atoms with Crippen LogP contribution in [0.5, 0.6) is 0 Å². The Hall–Kier alpha value is -1.83. The van der Waals surface area contributed by atoms with E-state index in [0.29, 0.717) is 6.04 Å². The van der Waals surface area contributed by atoms with E-state index in [0.717, 1.165) is 63.9 Å². The molecule has 0 unspecified atom stereocenters. The first kappa shape index (κ1) is 18.0. The number of nitrogens with zero attached hydrogens (tertiary/aromatic N) is 6. The molecular formula is C18H28N6O. The summed E-state index contributed by atoms with van der Waals surface area (Å²) >= 11 is 0. The molecule has 1 aromatic heterocycles. The first-order valence-electron chi connectivity index (χ1n) is 9.18. The molecule has 0 amide bonds. The molecule has 1 saturated heterocycles. The van der Waals surface area contributed by atoms with Gasteiger partial charge in [0, 0.05) is 38.8 Å². The highest BCUT2D eigenvalue weighted by molar-refractivity contribution is 5.30. The molecule has 0 aliphatic carbocycles. The molecule has 7 heteroatoms. The van der Waals surface area contributed by atoms with Gasteiger partial charge < -0.3 is 4.74 Å². The zero-order valence-corrected chi connectivity index (χ0v) is 15.2. The molecule has 0 N–H and O–H groups in total. The van der Waals surface area contributed by atoms with E-state index in [-0.39, 0.29) is 0 Å². The quantitative estimate of drug-likeness (QED) is 0.678. The standard InChI is InChI=1S/C18H28N6O/c1-3-16-14-22(10-11-23(16)12-13-25-4-2)15-18-19-20-21-24(18)17-8-6-5-7-9-17/h5-9,16H,3-4,10-15H2,1-2H3/t16-/m0/s1. The lowest BCUT2D eigenvalue weighted by molar-refractivity contribution is 0.0374. The molecule has 25 heavy (non-hydrogen) atoms. The lowest BCUT2D eigenvalue weighted by Crippen LogP contribution is -2.53. The van der Waals surface area contributed by atoms with Crippen LogP contribution in [0.15, 0.2) is 30.3 Å². The number of aromatic nitrogens is 4. The molecule has 1 fully saturated rings. The summed E-state index contributed by atoms with van der Waals surface area (Å²) in [6.07, 6.45) is 1.15. The van der Waals surface area contributed by atoms with E-state index in [4.69, 9.17) is 4.74 Å². The smallest absolute Gasteiger partial charge is 0.170 e. The molecular weight excluding hydrogens is 316 g/mol. The van der Waals surface area contributed by atoms with Crippen molar-refractivity contribution in [2.45, 2.75) is 32.9 Å². The highest BCUT2D eigenvalue weighted by Crippen LogP contribution is 2.16. The van der Waals surface area contributed by atoms with Gasteiger partial charge in [0.05, 0.1) is 18.8 Å². The van der Waals surface area contributed by atoms with Crippen LogP contribution in [0.25, 0.3) is 5.69 Å². The fraction of sp³-hybridized carbons (Fsp3) is 0.611. The van der Waals surface area contributed by atoms with Crippen molar-refractivity contribution in [1.29, 1.82) is 0 Å². The predicted octanol–water partition coefficient (Wildman–Crippen LogP) is 1.59. The summed E-state index contributed by atoms with van der Waals surface area (Å²) in [6.45, 7) is 10.9. The molecule has 1 aromatic carbocycles. The Balaban J connectivity index is 1.61. The summed E-state index contributed by atoms with van der Waals surface area (Å²) in [7, 11) is 0. The average molecular weight is 344 g/mol. The number of rotatable bonds is 8. The monoisotopic (exact) mass is 344 g/mol. The molecule has 1 aliphatic rings. The van der Waals surface area contributed by atoms with Gasteiger partial charge in [-0.3, -0.25) is 9.80 Å². The Labute approximate surface area is 149 Å². The molecule has 1 atom stereocenters. The van der Waals surface area contributed by atoms with Gasteiger partial charge in [0.25, 0.3) is 0 Å². The summed E-state index contributed by atoms with van der Waals surface area (Å²) in [5.74, 6) is 0.892. The maximum Gasteiger partial charge on any atom is 0.170 e. The second-order valence-electron chi connectivity index (χ2n) is 6.37. The summed E-state index contributed by atoms with van der Waals surface area (Å²) < 4.78 is 7.36. The van der Waals surface area contributed by atoms with Crippen molar-refractivity contribution in [3.63, 3.8) is 0 Å². The van der Waals surface area contributed by atoms with Crippen molar-refractivity contribution in [1.82, 2.24) is 30.0 Å². The van der Waals surface area contributed by atoms with Gasteiger partial charge in [-0.2, -0.15) is 4.68 Å². The zero-order valence-electron chi connectivity index (χ0n) is 15.2. The van der Waals surface area contributed by atoms with Crippen molar-refractivity contribution in [3.05, 3.63) is 36.2 Å². The Morgan fingerprint density at radius 1 is 1.16 bits per heavy atom. The minimum absolute atomic E-state index is 0.565. The van der Waals surface area contributed by atoms with E-state index in [2.05, 4.69) is 32.2 Å². The molecule has 136 valence electrons. The third-order valence-electron chi connectivity index (χ3n) is 4.79. The minimum atomic E-state index is 0.565. The molecule has 1 aliphatic heterocycles. The summed E-state index contributed by atoms with van der Waals surface area (Å²) in [5.41, 5.74) is 1.00. The third kappa shape index (κ3) is 4.62. The van der Waals surface area contributed by atoms with Crippen molar-refractivity contribution < 1.29 is 4.74 Å². The maximum atomic E-state index is 5.52. The van der Waals surface area contributed by atoms with Crippen molar-refractivity contribution in [2.24, 2.45) is 0 Å². The molecule has 7 nitrogen and oxygen atoms in total.